The maximum atomic E-state index is 4.75. The summed E-state index contributed by atoms with van der Waals surface area (Å²) in [6.07, 6.45) is 2.99. The van der Waals surface area contributed by atoms with Crippen LogP contribution in [0.4, 0.5) is 0 Å². The third-order valence-corrected chi connectivity index (χ3v) is 3.77. The summed E-state index contributed by atoms with van der Waals surface area (Å²) in [6, 6.07) is 0.334. The highest BCUT2D eigenvalue weighted by Crippen LogP contribution is 2.24. The minimum absolute atomic E-state index is 0.334. The number of rotatable bonds is 2. The lowest BCUT2D eigenvalue weighted by Crippen LogP contribution is -2.26. The number of aromatic nitrogens is 4. The minimum atomic E-state index is 0.334. The quantitative estimate of drug-likeness (QED) is 0.896. The summed E-state index contributed by atoms with van der Waals surface area (Å²) in [4.78, 5) is 0. The predicted octanol–water partition coefficient (Wildman–Crippen LogP) is 1.91. The Bertz CT molecular complexity index is 606. The van der Waals surface area contributed by atoms with Crippen molar-refractivity contribution in [1.82, 2.24) is 24.9 Å². The maximum absolute atomic E-state index is 4.75. The highest BCUT2D eigenvalue weighted by Gasteiger charge is 2.22. The van der Waals surface area contributed by atoms with Crippen LogP contribution in [0, 0.1) is 13.8 Å². The van der Waals surface area contributed by atoms with Crippen molar-refractivity contribution < 1.29 is 0 Å². The topological polar surface area (TPSA) is 47.7 Å². The van der Waals surface area contributed by atoms with Gasteiger partial charge >= 0.3 is 0 Å². The third-order valence-electron chi connectivity index (χ3n) is 3.77. The molecule has 0 saturated carbocycles. The lowest BCUT2D eigenvalue weighted by atomic mass is 10.1. The standard InChI is InChI=1S/C14H21N5/c1-9(2)18-14(10(3)7-16-18)19-13-8-15-6-5-12(13)11(4)17-19/h7,9,15H,5-6,8H2,1-4H3. The van der Waals surface area contributed by atoms with E-state index in [2.05, 4.69) is 47.5 Å². The highest BCUT2D eigenvalue weighted by atomic mass is 15.4. The van der Waals surface area contributed by atoms with Crippen LogP contribution in [0.5, 0.6) is 0 Å². The normalized spacial score (nSPS) is 15.0. The highest BCUT2D eigenvalue weighted by molar-refractivity contribution is 5.39. The van der Waals surface area contributed by atoms with Crippen LogP contribution in [0.2, 0.25) is 0 Å². The molecule has 0 spiro atoms. The average molecular weight is 259 g/mol. The van der Waals surface area contributed by atoms with Crippen molar-refractivity contribution in [1.29, 1.82) is 0 Å². The zero-order valence-corrected chi connectivity index (χ0v) is 12.1. The molecule has 1 N–H and O–H groups in total. The van der Waals surface area contributed by atoms with E-state index >= 15 is 0 Å². The van der Waals surface area contributed by atoms with Gasteiger partial charge in [-0.05, 0) is 46.2 Å². The molecule has 19 heavy (non-hydrogen) atoms. The number of nitrogens with one attached hydrogen (secondary N) is 1. The van der Waals surface area contributed by atoms with Crippen molar-refractivity contribution in [3.05, 3.63) is 28.7 Å². The van der Waals surface area contributed by atoms with Crippen LogP contribution in [-0.4, -0.2) is 26.1 Å². The zero-order valence-electron chi connectivity index (χ0n) is 12.1. The summed E-state index contributed by atoms with van der Waals surface area (Å²) in [5.41, 5.74) is 5.00. The van der Waals surface area contributed by atoms with Gasteiger partial charge in [-0.1, -0.05) is 0 Å². The molecule has 5 heteroatoms. The van der Waals surface area contributed by atoms with Gasteiger partial charge < -0.3 is 5.32 Å². The number of hydrogen-bond acceptors (Lipinski definition) is 3. The average Bonchev–Trinajstić information content (AvgIpc) is 2.91. The number of nitrogens with zero attached hydrogens (tertiary/aromatic N) is 4. The van der Waals surface area contributed by atoms with Gasteiger partial charge in [-0.15, -0.1) is 0 Å². The molecular formula is C14H21N5. The van der Waals surface area contributed by atoms with Crippen LogP contribution in [0.1, 0.15) is 42.4 Å². The molecule has 0 radical (unpaired) electrons. The molecule has 0 unspecified atom stereocenters. The van der Waals surface area contributed by atoms with E-state index in [9.17, 15) is 0 Å². The first-order valence-electron chi connectivity index (χ1n) is 6.92. The number of hydrogen-bond donors (Lipinski definition) is 1. The molecule has 1 aliphatic rings. The fraction of sp³-hybridized carbons (Fsp3) is 0.571. The van der Waals surface area contributed by atoms with Gasteiger partial charge in [0.15, 0.2) is 5.82 Å². The van der Waals surface area contributed by atoms with E-state index in [4.69, 9.17) is 5.10 Å². The second kappa shape index (κ2) is 4.49. The van der Waals surface area contributed by atoms with Gasteiger partial charge in [-0.25, -0.2) is 9.36 Å². The molecule has 3 heterocycles. The fourth-order valence-electron chi connectivity index (χ4n) is 2.79. The molecule has 0 amide bonds. The molecule has 0 aromatic carbocycles. The van der Waals surface area contributed by atoms with Crippen molar-refractivity contribution in [2.75, 3.05) is 6.54 Å². The van der Waals surface area contributed by atoms with Crippen LogP contribution < -0.4 is 5.32 Å². The summed E-state index contributed by atoms with van der Waals surface area (Å²) < 4.78 is 4.13. The largest absolute Gasteiger partial charge is 0.311 e. The first kappa shape index (κ1) is 12.4. The van der Waals surface area contributed by atoms with Crippen molar-refractivity contribution in [2.24, 2.45) is 0 Å². The van der Waals surface area contributed by atoms with E-state index in [0.29, 0.717) is 6.04 Å². The molecule has 2 aromatic heterocycles. The van der Waals surface area contributed by atoms with Crippen molar-refractivity contribution in [2.45, 2.75) is 46.7 Å². The second-order valence-electron chi connectivity index (χ2n) is 5.54. The van der Waals surface area contributed by atoms with Gasteiger partial charge in [0, 0.05) is 18.2 Å². The summed E-state index contributed by atoms with van der Waals surface area (Å²) in [5, 5.41) is 12.7. The van der Waals surface area contributed by atoms with Crippen molar-refractivity contribution >= 4 is 0 Å². The molecule has 0 fully saturated rings. The van der Waals surface area contributed by atoms with Crippen molar-refractivity contribution in [3.8, 4) is 5.82 Å². The van der Waals surface area contributed by atoms with Crippen LogP contribution in [0.15, 0.2) is 6.20 Å². The summed E-state index contributed by atoms with van der Waals surface area (Å²) in [7, 11) is 0. The van der Waals surface area contributed by atoms with Gasteiger partial charge in [0.2, 0.25) is 0 Å². The Morgan fingerprint density at radius 3 is 2.84 bits per heavy atom. The molecular weight excluding hydrogens is 238 g/mol. The Labute approximate surface area is 113 Å². The SMILES string of the molecule is Cc1cnn(C(C)C)c1-n1nc(C)c2c1CNCC2. The van der Waals surface area contributed by atoms with Crippen LogP contribution in [-0.2, 0) is 13.0 Å². The maximum Gasteiger partial charge on any atom is 0.155 e. The molecule has 1 aliphatic heterocycles. The van der Waals surface area contributed by atoms with Gasteiger partial charge in [0.25, 0.3) is 0 Å². The van der Waals surface area contributed by atoms with E-state index < -0.39 is 0 Å². The van der Waals surface area contributed by atoms with Gasteiger partial charge in [0.05, 0.1) is 17.6 Å². The Balaban J connectivity index is 2.20. The number of aryl methyl sites for hydroxylation is 2. The molecule has 3 rings (SSSR count). The Morgan fingerprint density at radius 2 is 2.11 bits per heavy atom. The second-order valence-corrected chi connectivity index (χ2v) is 5.54. The van der Waals surface area contributed by atoms with Crippen LogP contribution in [0.3, 0.4) is 0 Å². The van der Waals surface area contributed by atoms with Crippen LogP contribution >= 0.6 is 0 Å². The number of fused-ring (bicyclic) bond motifs is 1. The van der Waals surface area contributed by atoms with Crippen molar-refractivity contribution in [3.63, 3.8) is 0 Å². The molecule has 0 aliphatic carbocycles. The Morgan fingerprint density at radius 1 is 1.32 bits per heavy atom. The molecule has 5 nitrogen and oxygen atoms in total. The van der Waals surface area contributed by atoms with Gasteiger partial charge in [0.1, 0.15) is 0 Å². The lowest BCUT2D eigenvalue weighted by Gasteiger charge is -2.18. The Kier molecular flexibility index (Phi) is 2.93. The van der Waals surface area contributed by atoms with E-state index in [1.807, 2.05) is 6.20 Å². The molecule has 102 valence electrons. The molecule has 0 saturated heterocycles. The summed E-state index contributed by atoms with van der Waals surface area (Å²) in [5.74, 6) is 1.10. The third kappa shape index (κ3) is 1.89. The zero-order chi connectivity index (χ0) is 13.6. The minimum Gasteiger partial charge on any atom is -0.311 e. The smallest absolute Gasteiger partial charge is 0.155 e. The molecule has 2 aromatic rings. The Hall–Kier alpha value is -1.62. The van der Waals surface area contributed by atoms with E-state index in [0.717, 1.165) is 31.0 Å². The van der Waals surface area contributed by atoms with E-state index in [1.165, 1.54) is 16.8 Å². The van der Waals surface area contributed by atoms with Gasteiger partial charge in [-0.2, -0.15) is 10.2 Å². The predicted molar refractivity (Wildman–Crippen MR) is 74.6 cm³/mol. The lowest BCUT2D eigenvalue weighted by molar-refractivity contribution is 0.506. The molecule has 0 atom stereocenters. The fourth-order valence-corrected chi connectivity index (χ4v) is 2.79. The van der Waals surface area contributed by atoms with E-state index in [1.54, 1.807) is 0 Å². The van der Waals surface area contributed by atoms with E-state index in [-0.39, 0.29) is 0 Å². The van der Waals surface area contributed by atoms with Gasteiger partial charge in [-0.3, -0.25) is 0 Å². The first-order chi connectivity index (χ1) is 9.09. The monoisotopic (exact) mass is 259 g/mol. The first-order valence-corrected chi connectivity index (χ1v) is 6.92. The van der Waals surface area contributed by atoms with Crippen LogP contribution in [0.25, 0.3) is 5.82 Å². The molecule has 0 bridgehead atoms. The summed E-state index contributed by atoms with van der Waals surface area (Å²) in [6.45, 7) is 10.4. The summed E-state index contributed by atoms with van der Waals surface area (Å²) >= 11 is 0.